The van der Waals surface area contributed by atoms with Crippen molar-refractivity contribution in [1.29, 1.82) is 0 Å². The number of benzene rings is 3. The summed E-state index contributed by atoms with van der Waals surface area (Å²) in [5.41, 5.74) is 3.42. The number of nitrogens with zero attached hydrogens (tertiary/aromatic N) is 1. The van der Waals surface area contributed by atoms with Gasteiger partial charge in [-0.25, -0.2) is 4.98 Å². The largest absolute Gasteiger partial charge is 0.497 e. The maximum atomic E-state index is 12.6. The van der Waals surface area contributed by atoms with Gasteiger partial charge in [0, 0.05) is 22.9 Å². The maximum Gasteiger partial charge on any atom is 0.255 e. The fourth-order valence-corrected chi connectivity index (χ4v) is 3.46. The first-order chi connectivity index (χ1) is 14.6. The van der Waals surface area contributed by atoms with E-state index in [4.69, 9.17) is 13.9 Å². The number of aromatic nitrogens is 1. The highest BCUT2D eigenvalue weighted by molar-refractivity contribution is 9.10. The van der Waals surface area contributed by atoms with Gasteiger partial charge in [-0.1, -0.05) is 0 Å². The van der Waals surface area contributed by atoms with Crippen LogP contribution in [0.25, 0.3) is 22.6 Å². The molecule has 1 aromatic heterocycles. The van der Waals surface area contributed by atoms with Crippen molar-refractivity contribution in [3.05, 3.63) is 70.7 Å². The minimum atomic E-state index is -0.208. The number of fused-ring (bicyclic) bond motifs is 1. The van der Waals surface area contributed by atoms with Gasteiger partial charge in [0.15, 0.2) is 5.58 Å². The fourth-order valence-electron chi connectivity index (χ4n) is 2.97. The summed E-state index contributed by atoms with van der Waals surface area (Å²) in [4.78, 5) is 17.1. The van der Waals surface area contributed by atoms with Crippen LogP contribution in [0.15, 0.2) is 69.6 Å². The van der Waals surface area contributed by atoms with Crippen molar-refractivity contribution < 1.29 is 18.7 Å². The summed E-state index contributed by atoms with van der Waals surface area (Å²) >= 11 is 3.43. The SMILES string of the molecule is CCOc1ccc(C(=O)Nc2ccc(-c3nc4cc(OC)ccc4o3)cc2)cc1Br. The molecule has 0 fully saturated rings. The van der Waals surface area contributed by atoms with Crippen LogP contribution in [-0.2, 0) is 0 Å². The zero-order chi connectivity index (χ0) is 21.1. The highest BCUT2D eigenvalue weighted by atomic mass is 79.9. The molecular weight excluding hydrogens is 448 g/mol. The fraction of sp³-hybridized carbons (Fsp3) is 0.130. The number of ether oxygens (including phenoxy) is 2. The molecule has 6 nitrogen and oxygen atoms in total. The maximum absolute atomic E-state index is 12.6. The smallest absolute Gasteiger partial charge is 0.255 e. The van der Waals surface area contributed by atoms with E-state index in [0.29, 0.717) is 35.1 Å². The van der Waals surface area contributed by atoms with E-state index >= 15 is 0 Å². The Morgan fingerprint density at radius 3 is 2.60 bits per heavy atom. The lowest BCUT2D eigenvalue weighted by molar-refractivity contribution is 0.102. The molecule has 0 aliphatic heterocycles. The van der Waals surface area contributed by atoms with Crippen molar-refractivity contribution in [3.63, 3.8) is 0 Å². The monoisotopic (exact) mass is 466 g/mol. The summed E-state index contributed by atoms with van der Waals surface area (Å²) in [6.45, 7) is 2.47. The molecule has 0 bridgehead atoms. The number of rotatable bonds is 6. The lowest BCUT2D eigenvalue weighted by Crippen LogP contribution is -2.11. The molecule has 0 saturated carbocycles. The van der Waals surface area contributed by atoms with Gasteiger partial charge in [0.1, 0.15) is 17.0 Å². The summed E-state index contributed by atoms with van der Waals surface area (Å²) in [5, 5.41) is 2.89. The number of anilines is 1. The van der Waals surface area contributed by atoms with Gasteiger partial charge < -0.3 is 19.2 Å². The molecule has 4 aromatic rings. The molecule has 0 aliphatic rings. The van der Waals surface area contributed by atoms with Crippen LogP contribution in [0.4, 0.5) is 5.69 Å². The van der Waals surface area contributed by atoms with Crippen LogP contribution < -0.4 is 14.8 Å². The van der Waals surface area contributed by atoms with E-state index in [1.54, 1.807) is 25.3 Å². The zero-order valence-electron chi connectivity index (χ0n) is 16.4. The molecule has 0 spiro atoms. The Bertz CT molecular complexity index is 1200. The van der Waals surface area contributed by atoms with Crippen molar-refractivity contribution in [2.45, 2.75) is 6.92 Å². The molecule has 0 saturated heterocycles. The van der Waals surface area contributed by atoms with Crippen LogP contribution in [0.1, 0.15) is 17.3 Å². The van der Waals surface area contributed by atoms with Crippen molar-refractivity contribution in [1.82, 2.24) is 4.98 Å². The van der Waals surface area contributed by atoms with E-state index in [1.165, 1.54) is 0 Å². The van der Waals surface area contributed by atoms with Gasteiger partial charge in [-0.2, -0.15) is 0 Å². The highest BCUT2D eigenvalue weighted by Gasteiger charge is 2.12. The van der Waals surface area contributed by atoms with E-state index in [1.807, 2.05) is 49.4 Å². The predicted octanol–water partition coefficient (Wildman–Crippen LogP) is 5.92. The summed E-state index contributed by atoms with van der Waals surface area (Å²) in [7, 11) is 1.61. The number of amides is 1. The topological polar surface area (TPSA) is 73.6 Å². The summed E-state index contributed by atoms with van der Waals surface area (Å²) in [6.07, 6.45) is 0. The van der Waals surface area contributed by atoms with E-state index in [-0.39, 0.29) is 5.91 Å². The van der Waals surface area contributed by atoms with E-state index in [2.05, 4.69) is 26.2 Å². The van der Waals surface area contributed by atoms with Gasteiger partial charge in [0.05, 0.1) is 18.2 Å². The van der Waals surface area contributed by atoms with Gasteiger partial charge in [0.2, 0.25) is 5.89 Å². The summed E-state index contributed by atoms with van der Waals surface area (Å²) in [6, 6.07) is 18.0. The molecule has 1 N–H and O–H groups in total. The minimum absolute atomic E-state index is 0.208. The third-order valence-corrected chi connectivity index (χ3v) is 5.10. The molecular formula is C23H19BrN2O4. The number of hydrogen-bond acceptors (Lipinski definition) is 5. The molecule has 0 radical (unpaired) electrons. The van der Waals surface area contributed by atoms with E-state index in [0.717, 1.165) is 21.3 Å². The number of oxazole rings is 1. The molecule has 3 aromatic carbocycles. The molecule has 4 rings (SSSR count). The van der Waals surface area contributed by atoms with Gasteiger partial charge >= 0.3 is 0 Å². The van der Waals surface area contributed by atoms with Gasteiger partial charge in [-0.3, -0.25) is 4.79 Å². The van der Waals surface area contributed by atoms with Crippen LogP contribution >= 0.6 is 15.9 Å². The molecule has 1 amide bonds. The molecule has 0 atom stereocenters. The lowest BCUT2D eigenvalue weighted by Gasteiger charge is -2.09. The number of carbonyl (C=O) groups excluding carboxylic acids is 1. The Labute approximate surface area is 182 Å². The lowest BCUT2D eigenvalue weighted by atomic mass is 10.1. The average molecular weight is 467 g/mol. The van der Waals surface area contributed by atoms with Gasteiger partial charge in [0.25, 0.3) is 5.91 Å². The van der Waals surface area contributed by atoms with Gasteiger partial charge in [-0.05, 0) is 77.5 Å². The van der Waals surface area contributed by atoms with E-state index < -0.39 is 0 Å². The Balaban J connectivity index is 1.49. The molecule has 152 valence electrons. The van der Waals surface area contributed by atoms with Crippen LogP contribution in [-0.4, -0.2) is 24.6 Å². The Morgan fingerprint density at radius 1 is 1.10 bits per heavy atom. The molecule has 1 heterocycles. The predicted molar refractivity (Wildman–Crippen MR) is 119 cm³/mol. The van der Waals surface area contributed by atoms with Gasteiger partial charge in [-0.15, -0.1) is 0 Å². The number of carbonyl (C=O) groups is 1. The van der Waals surface area contributed by atoms with E-state index in [9.17, 15) is 4.79 Å². The summed E-state index contributed by atoms with van der Waals surface area (Å²) in [5.74, 6) is 1.72. The van der Waals surface area contributed by atoms with Crippen LogP contribution in [0.5, 0.6) is 11.5 Å². The van der Waals surface area contributed by atoms with Crippen molar-refractivity contribution in [3.8, 4) is 23.0 Å². The Kier molecular flexibility index (Phi) is 5.72. The first-order valence-corrected chi connectivity index (χ1v) is 10.2. The van der Waals surface area contributed by atoms with Crippen LogP contribution in [0.2, 0.25) is 0 Å². The van der Waals surface area contributed by atoms with Crippen LogP contribution in [0, 0.1) is 0 Å². The number of hydrogen-bond donors (Lipinski definition) is 1. The number of methoxy groups -OCH3 is 1. The standard InChI is InChI=1S/C23H19BrN2O4/c1-3-29-20-10-6-15(12-18(20)24)22(27)25-16-7-4-14(5-8-16)23-26-19-13-17(28-2)9-11-21(19)30-23/h4-13H,3H2,1-2H3,(H,25,27). The minimum Gasteiger partial charge on any atom is -0.497 e. The second kappa shape index (κ2) is 8.59. The Hall–Kier alpha value is -3.32. The van der Waals surface area contributed by atoms with Crippen molar-refractivity contribution in [2.75, 3.05) is 19.0 Å². The number of nitrogens with one attached hydrogen (secondary N) is 1. The zero-order valence-corrected chi connectivity index (χ0v) is 18.0. The quantitative estimate of drug-likeness (QED) is 0.381. The van der Waals surface area contributed by atoms with Crippen molar-refractivity contribution >= 4 is 38.6 Å². The highest BCUT2D eigenvalue weighted by Crippen LogP contribution is 2.29. The van der Waals surface area contributed by atoms with Crippen LogP contribution in [0.3, 0.4) is 0 Å². The van der Waals surface area contributed by atoms with Crippen molar-refractivity contribution in [2.24, 2.45) is 0 Å². The second-order valence-electron chi connectivity index (χ2n) is 6.46. The number of halogens is 1. The molecule has 0 aliphatic carbocycles. The second-order valence-corrected chi connectivity index (χ2v) is 7.32. The third-order valence-electron chi connectivity index (χ3n) is 4.48. The normalized spacial score (nSPS) is 10.8. The summed E-state index contributed by atoms with van der Waals surface area (Å²) < 4.78 is 17.3. The molecule has 30 heavy (non-hydrogen) atoms. The first kappa shape index (κ1) is 20.0. The molecule has 0 unspecified atom stereocenters. The third kappa shape index (κ3) is 4.16. The first-order valence-electron chi connectivity index (χ1n) is 9.36. The average Bonchev–Trinajstić information content (AvgIpc) is 3.19. The Morgan fingerprint density at radius 2 is 1.90 bits per heavy atom. The molecule has 7 heteroatoms.